The summed E-state index contributed by atoms with van der Waals surface area (Å²) in [5.41, 5.74) is 5.94. The van der Waals surface area contributed by atoms with E-state index in [0.29, 0.717) is 11.8 Å². The monoisotopic (exact) mass is 196 g/mol. The second kappa shape index (κ2) is 3.23. The zero-order valence-corrected chi connectivity index (χ0v) is 9.12. The molecular formula is C11H20N2O. The number of nitrogens with zero attached hydrogens (tertiary/aromatic N) is 1. The summed E-state index contributed by atoms with van der Waals surface area (Å²) in [6, 6.07) is 0. The molecule has 0 radical (unpaired) electrons. The number of hydrogen-bond acceptors (Lipinski definition) is 2. The van der Waals surface area contributed by atoms with Crippen molar-refractivity contribution in [2.75, 3.05) is 13.1 Å². The van der Waals surface area contributed by atoms with Gasteiger partial charge in [0, 0.05) is 19.0 Å². The van der Waals surface area contributed by atoms with Crippen LogP contribution in [0.15, 0.2) is 0 Å². The molecule has 2 N–H and O–H groups in total. The van der Waals surface area contributed by atoms with Gasteiger partial charge in [0.2, 0.25) is 5.91 Å². The predicted molar refractivity (Wildman–Crippen MR) is 55.7 cm³/mol. The Balaban J connectivity index is 1.83. The van der Waals surface area contributed by atoms with Crippen molar-refractivity contribution in [3.05, 3.63) is 0 Å². The summed E-state index contributed by atoms with van der Waals surface area (Å²) in [6.07, 6.45) is 3.44. The van der Waals surface area contributed by atoms with Gasteiger partial charge in [0.25, 0.3) is 0 Å². The molecule has 2 rings (SSSR count). The first kappa shape index (κ1) is 9.97. The quantitative estimate of drug-likeness (QED) is 0.731. The van der Waals surface area contributed by atoms with E-state index < -0.39 is 0 Å². The number of nitrogens with two attached hydrogens (primary N) is 1. The zero-order valence-electron chi connectivity index (χ0n) is 9.12. The molecule has 0 aromatic rings. The Kier molecular flexibility index (Phi) is 2.30. The standard InChI is InChI=1S/C11H20N2O/c1-3-11(12)6-13(7-11)10(14)8(2)9-4-5-9/h8-9H,3-7,12H2,1-2H3. The van der Waals surface area contributed by atoms with E-state index in [9.17, 15) is 4.79 Å². The highest BCUT2D eigenvalue weighted by Gasteiger charge is 2.44. The molecule has 2 fully saturated rings. The summed E-state index contributed by atoms with van der Waals surface area (Å²) in [5.74, 6) is 1.22. The first-order chi connectivity index (χ1) is 6.56. The van der Waals surface area contributed by atoms with Crippen molar-refractivity contribution < 1.29 is 4.79 Å². The number of rotatable bonds is 3. The minimum Gasteiger partial charge on any atom is -0.339 e. The van der Waals surface area contributed by atoms with Gasteiger partial charge in [0.15, 0.2) is 0 Å². The molecule has 0 bridgehead atoms. The van der Waals surface area contributed by atoms with E-state index in [1.165, 1.54) is 12.8 Å². The molecular weight excluding hydrogens is 176 g/mol. The number of hydrogen-bond donors (Lipinski definition) is 1. The fourth-order valence-electron chi connectivity index (χ4n) is 2.18. The minimum atomic E-state index is -0.0844. The van der Waals surface area contributed by atoms with Crippen molar-refractivity contribution in [2.24, 2.45) is 17.6 Å². The molecule has 1 amide bonds. The van der Waals surface area contributed by atoms with E-state index in [2.05, 4.69) is 13.8 Å². The van der Waals surface area contributed by atoms with Crippen LogP contribution in [0.1, 0.15) is 33.1 Å². The lowest BCUT2D eigenvalue weighted by atomic mass is 9.87. The molecule has 1 aliphatic heterocycles. The Morgan fingerprint density at radius 3 is 2.57 bits per heavy atom. The van der Waals surface area contributed by atoms with Gasteiger partial charge in [-0.2, -0.15) is 0 Å². The molecule has 80 valence electrons. The van der Waals surface area contributed by atoms with Gasteiger partial charge in [-0.05, 0) is 25.2 Å². The van der Waals surface area contributed by atoms with Gasteiger partial charge in [-0.25, -0.2) is 0 Å². The van der Waals surface area contributed by atoms with Gasteiger partial charge >= 0.3 is 0 Å². The van der Waals surface area contributed by atoms with Crippen LogP contribution in [-0.2, 0) is 4.79 Å². The maximum atomic E-state index is 11.9. The van der Waals surface area contributed by atoms with Crippen LogP contribution in [0.5, 0.6) is 0 Å². The lowest BCUT2D eigenvalue weighted by molar-refractivity contribution is -0.143. The molecule has 0 spiro atoms. The third-order valence-corrected chi connectivity index (χ3v) is 3.75. The van der Waals surface area contributed by atoms with Crippen LogP contribution < -0.4 is 5.73 Å². The Hall–Kier alpha value is -0.570. The molecule has 2 aliphatic rings. The molecule has 3 nitrogen and oxygen atoms in total. The van der Waals surface area contributed by atoms with E-state index in [-0.39, 0.29) is 11.5 Å². The summed E-state index contributed by atoms with van der Waals surface area (Å²) in [6.45, 7) is 5.67. The Labute approximate surface area is 85.6 Å². The molecule has 1 atom stereocenters. The number of carbonyl (C=O) groups is 1. The molecule has 1 unspecified atom stereocenters. The van der Waals surface area contributed by atoms with Crippen LogP contribution in [-0.4, -0.2) is 29.4 Å². The molecule has 1 saturated heterocycles. The fourth-order valence-corrected chi connectivity index (χ4v) is 2.18. The largest absolute Gasteiger partial charge is 0.339 e. The summed E-state index contributed by atoms with van der Waals surface area (Å²) >= 11 is 0. The second-order valence-electron chi connectivity index (χ2n) is 5.04. The maximum absolute atomic E-state index is 11.9. The van der Waals surface area contributed by atoms with E-state index in [4.69, 9.17) is 5.73 Å². The highest BCUT2D eigenvalue weighted by atomic mass is 16.2. The summed E-state index contributed by atoms with van der Waals surface area (Å²) in [4.78, 5) is 13.8. The van der Waals surface area contributed by atoms with Gasteiger partial charge in [0.05, 0.1) is 5.54 Å². The number of likely N-dealkylation sites (tertiary alicyclic amines) is 1. The highest BCUT2D eigenvalue weighted by Crippen LogP contribution is 2.38. The average Bonchev–Trinajstić information content (AvgIpc) is 2.93. The smallest absolute Gasteiger partial charge is 0.225 e. The first-order valence-electron chi connectivity index (χ1n) is 5.63. The van der Waals surface area contributed by atoms with Crippen LogP contribution in [0.25, 0.3) is 0 Å². The Bertz CT molecular complexity index is 242. The van der Waals surface area contributed by atoms with Crippen molar-refractivity contribution in [3.8, 4) is 0 Å². The van der Waals surface area contributed by atoms with Crippen molar-refractivity contribution >= 4 is 5.91 Å². The van der Waals surface area contributed by atoms with Crippen LogP contribution in [0.3, 0.4) is 0 Å². The zero-order chi connectivity index (χ0) is 10.3. The van der Waals surface area contributed by atoms with E-state index in [0.717, 1.165) is 19.5 Å². The molecule has 14 heavy (non-hydrogen) atoms. The third kappa shape index (κ3) is 1.65. The first-order valence-corrected chi connectivity index (χ1v) is 5.63. The van der Waals surface area contributed by atoms with Gasteiger partial charge in [-0.3, -0.25) is 4.79 Å². The number of carbonyl (C=O) groups excluding carboxylic acids is 1. The molecule has 0 aromatic carbocycles. The van der Waals surface area contributed by atoms with E-state index in [1.54, 1.807) is 0 Å². The predicted octanol–water partition coefficient (Wildman–Crippen LogP) is 0.982. The van der Waals surface area contributed by atoms with Crippen molar-refractivity contribution in [1.82, 2.24) is 4.90 Å². The molecule has 3 heteroatoms. The Morgan fingerprint density at radius 1 is 1.57 bits per heavy atom. The number of amides is 1. The lowest BCUT2D eigenvalue weighted by Crippen LogP contribution is -2.68. The highest BCUT2D eigenvalue weighted by molar-refractivity contribution is 5.80. The third-order valence-electron chi connectivity index (χ3n) is 3.75. The van der Waals surface area contributed by atoms with E-state index >= 15 is 0 Å². The molecule has 1 saturated carbocycles. The summed E-state index contributed by atoms with van der Waals surface area (Å²) < 4.78 is 0. The van der Waals surface area contributed by atoms with Crippen LogP contribution >= 0.6 is 0 Å². The van der Waals surface area contributed by atoms with Crippen molar-refractivity contribution in [3.63, 3.8) is 0 Å². The van der Waals surface area contributed by atoms with Crippen LogP contribution in [0.4, 0.5) is 0 Å². The minimum absolute atomic E-state index is 0.0844. The Morgan fingerprint density at radius 2 is 2.14 bits per heavy atom. The van der Waals surface area contributed by atoms with Crippen LogP contribution in [0.2, 0.25) is 0 Å². The molecule has 1 aliphatic carbocycles. The van der Waals surface area contributed by atoms with Gasteiger partial charge < -0.3 is 10.6 Å². The molecule has 1 heterocycles. The second-order valence-corrected chi connectivity index (χ2v) is 5.04. The van der Waals surface area contributed by atoms with Crippen LogP contribution in [0, 0.1) is 11.8 Å². The van der Waals surface area contributed by atoms with Gasteiger partial charge in [-0.15, -0.1) is 0 Å². The normalized spacial score (nSPS) is 26.9. The van der Waals surface area contributed by atoms with Gasteiger partial charge in [0.1, 0.15) is 0 Å². The van der Waals surface area contributed by atoms with Crippen molar-refractivity contribution in [1.29, 1.82) is 0 Å². The average molecular weight is 196 g/mol. The maximum Gasteiger partial charge on any atom is 0.225 e. The molecule has 0 aromatic heterocycles. The summed E-state index contributed by atoms with van der Waals surface area (Å²) in [7, 11) is 0. The summed E-state index contributed by atoms with van der Waals surface area (Å²) in [5, 5.41) is 0. The van der Waals surface area contributed by atoms with E-state index in [1.807, 2.05) is 4.90 Å². The fraction of sp³-hybridized carbons (Fsp3) is 0.909. The van der Waals surface area contributed by atoms with Gasteiger partial charge in [-0.1, -0.05) is 13.8 Å². The lowest BCUT2D eigenvalue weighted by Gasteiger charge is -2.48. The SMILES string of the molecule is CCC1(N)CN(C(=O)C(C)C2CC2)C1. The topological polar surface area (TPSA) is 46.3 Å². The van der Waals surface area contributed by atoms with Crippen molar-refractivity contribution in [2.45, 2.75) is 38.6 Å².